The molecule has 0 radical (unpaired) electrons. The van der Waals surface area contributed by atoms with Crippen molar-refractivity contribution in [3.63, 3.8) is 0 Å². The molecule has 0 bridgehead atoms. The van der Waals surface area contributed by atoms with Gasteiger partial charge in [-0.1, -0.05) is 23.7 Å². The maximum absolute atomic E-state index is 9.39. The van der Waals surface area contributed by atoms with Crippen LogP contribution in [0.1, 0.15) is 11.1 Å². The lowest BCUT2D eigenvalue weighted by Crippen LogP contribution is -1.92. The summed E-state index contributed by atoms with van der Waals surface area (Å²) in [6.45, 7) is 0. The fraction of sp³-hybridized carbons (Fsp3) is 0.118. The zero-order valence-electron chi connectivity index (χ0n) is 12.1. The third kappa shape index (κ3) is 3.62. The van der Waals surface area contributed by atoms with Crippen LogP contribution in [0.15, 0.2) is 40.9 Å². The van der Waals surface area contributed by atoms with Crippen LogP contribution in [-0.2, 0) is 0 Å². The summed E-state index contributed by atoms with van der Waals surface area (Å²) in [7, 11) is 3.15. The monoisotopic (exact) mass is 377 g/mol. The van der Waals surface area contributed by atoms with Crippen LogP contribution in [0.5, 0.6) is 11.5 Å². The quantitative estimate of drug-likeness (QED) is 0.543. The lowest BCUT2D eigenvalue weighted by Gasteiger charge is -2.10. The van der Waals surface area contributed by atoms with Crippen molar-refractivity contribution in [2.45, 2.75) is 0 Å². The maximum Gasteiger partial charge on any atom is 0.174 e. The molecule has 0 saturated carbocycles. The first kappa shape index (κ1) is 16.4. The van der Waals surface area contributed by atoms with Crippen molar-refractivity contribution in [3.8, 4) is 17.6 Å². The number of allylic oxidation sites excluding steroid dienone is 1. The van der Waals surface area contributed by atoms with E-state index in [1.165, 1.54) is 0 Å². The fourth-order valence-corrected chi connectivity index (χ4v) is 2.75. The summed E-state index contributed by atoms with van der Waals surface area (Å²) in [6.07, 6.45) is 1.79. The predicted molar refractivity (Wildman–Crippen MR) is 92.2 cm³/mol. The van der Waals surface area contributed by atoms with E-state index in [-0.39, 0.29) is 0 Å². The van der Waals surface area contributed by atoms with Crippen molar-refractivity contribution in [2.24, 2.45) is 0 Å². The standard InChI is InChI=1S/C17H13BrClNO2/c1-21-16-9-11(8-15(18)17(16)22-2)7-13(10-20)12-3-5-14(19)6-4-12/h3-9H,1-2H3/b13-7-. The molecule has 0 saturated heterocycles. The second kappa shape index (κ2) is 7.35. The summed E-state index contributed by atoms with van der Waals surface area (Å²) in [6, 6.07) is 13.0. The van der Waals surface area contributed by atoms with Gasteiger partial charge in [0, 0.05) is 5.02 Å². The summed E-state index contributed by atoms with van der Waals surface area (Å²) < 4.78 is 11.3. The Bertz CT molecular complexity index is 748. The van der Waals surface area contributed by atoms with Crippen LogP contribution in [0.4, 0.5) is 0 Å². The Morgan fingerprint density at radius 3 is 2.41 bits per heavy atom. The van der Waals surface area contributed by atoms with Gasteiger partial charge in [-0.2, -0.15) is 5.26 Å². The summed E-state index contributed by atoms with van der Waals surface area (Å²) in [5, 5.41) is 10.0. The smallest absolute Gasteiger partial charge is 0.174 e. The van der Waals surface area contributed by atoms with Crippen molar-refractivity contribution < 1.29 is 9.47 Å². The molecular weight excluding hydrogens is 366 g/mol. The largest absolute Gasteiger partial charge is 0.493 e. The van der Waals surface area contributed by atoms with Gasteiger partial charge in [-0.25, -0.2) is 0 Å². The molecule has 2 aromatic rings. The molecule has 0 N–H and O–H groups in total. The van der Waals surface area contributed by atoms with Gasteiger partial charge in [0.05, 0.1) is 30.3 Å². The minimum atomic E-state index is 0.538. The number of ether oxygens (including phenoxy) is 2. The first-order chi connectivity index (χ1) is 10.6. The Labute approximate surface area is 142 Å². The SMILES string of the molecule is COc1cc(/C=C(/C#N)c2ccc(Cl)cc2)cc(Br)c1OC. The molecular formula is C17H13BrClNO2. The van der Waals surface area contributed by atoms with Crippen molar-refractivity contribution in [2.75, 3.05) is 14.2 Å². The van der Waals surface area contributed by atoms with Crippen LogP contribution in [-0.4, -0.2) is 14.2 Å². The van der Waals surface area contributed by atoms with Gasteiger partial charge in [-0.3, -0.25) is 0 Å². The zero-order chi connectivity index (χ0) is 16.1. The molecule has 5 heteroatoms. The van der Waals surface area contributed by atoms with Gasteiger partial charge in [0.15, 0.2) is 11.5 Å². The van der Waals surface area contributed by atoms with E-state index >= 15 is 0 Å². The Balaban J connectivity index is 2.48. The number of nitrogens with zero attached hydrogens (tertiary/aromatic N) is 1. The topological polar surface area (TPSA) is 42.2 Å². The molecule has 0 spiro atoms. The van der Waals surface area contributed by atoms with Gasteiger partial charge in [0.2, 0.25) is 0 Å². The Kier molecular flexibility index (Phi) is 5.48. The van der Waals surface area contributed by atoms with Crippen molar-refractivity contribution in [1.29, 1.82) is 5.26 Å². The average Bonchev–Trinajstić information content (AvgIpc) is 2.53. The minimum Gasteiger partial charge on any atom is -0.493 e. The van der Waals surface area contributed by atoms with Crippen LogP contribution in [0.25, 0.3) is 11.6 Å². The molecule has 112 valence electrons. The van der Waals surface area contributed by atoms with Crippen LogP contribution >= 0.6 is 27.5 Å². The number of methoxy groups -OCH3 is 2. The van der Waals surface area contributed by atoms with Gasteiger partial charge >= 0.3 is 0 Å². The molecule has 0 aromatic heterocycles. The van der Waals surface area contributed by atoms with E-state index in [4.69, 9.17) is 21.1 Å². The first-order valence-electron chi connectivity index (χ1n) is 6.38. The summed E-state index contributed by atoms with van der Waals surface area (Å²) >= 11 is 9.32. The Morgan fingerprint density at radius 1 is 1.18 bits per heavy atom. The summed E-state index contributed by atoms with van der Waals surface area (Å²) in [5.74, 6) is 1.21. The lowest BCUT2D eigenvalue weighted by molar-refractivity contribution is 0.353. The van der Waals surface area contributed by atoms with E-state index in [9.17, 15) is 5.26 Å². The number of halogens is 2. The Hall–Kier alpha value is -1.96. The fourth-order valence-electron chi connectivity index (χ4n) is 2.00. The molecule has 3 nitrogen and oxygen atoms in total. The highest BCUT2D eigenvalue weighted by atomic mass is 79.9. The molecule has 2 rings (SSSR count). The maximum atomic E-state index is 9.39. The molecule has 2 aromatic carbocycles. The molecule has 0 fully saturated rings. The molecule has 0 aliphatic rings. The summed E-state index contributed by atoms with van der Waals surface area (Å²) in [5.41, 5.74) is 2.17. The van der Waals surface area contributed by atoms with Gasteiger partial charge in [0.25, 0.3) is 0 Å². The van der Waals surface area contributed by atoms with Crippen molar-refractivity contribution >= 4 is 39.2 Å². The zero-order valence-corrected chi connectivity index (χ0v) is 14.4. The van der Waals surface area contributed by atoms with Crippen molar-refractivity contribution in [3.05, 3.63) is 57.0 Å². The minimum absolute atomic E-state index is 0.538. The van der Waals surface area contributed by atoms with E-state index in [1.54, 1.807) is 32.4 Å². The number of hydrogen-bond donors (Lipinski definition) is 0. The van der Waals surface area contributed by atoms with E-state index in [2.05, 4.69) is 22.0 Å². The number of hydrogen-bond acceptors (Lipinski definition) is 3. The molecule has 0 aliphatic heterocycles. The number of nitriles is 1. The van der Waals surface area contributed by atoms with Gasteiger partial charge < -0.3 is 9.47 Å². The predicted octanol–water partition coefficient (Wildman–Crippen LogP) is 5.18. The highest BCUT2D eigenvalue weighted by Crippen LogP contribution is 2.37. The second-order valence-electron chi connectivity index (χ2n) is 4.41. The van der Waals surface area contributed by atoms with E-state index in [0.29, 0.717) is 22.1 Å². The van der Waals surface area contributed by atoms with Gasteiger partial charge in [-0.15, -0.1) is 0 Å². The molecule has 0 unspecified atom stereocenters. The van der Waals surface area contributed by atoms with E-state index in [1.807, 2.05) is 24.3 Å². The van der Waals surface area contributed by atoms with Crippen molar-refractivity contribution in [1.82, 2.24) is 0 Å². The first-order valence-corrected chi connectivity index (χ1v) is 7.55. The highest BCUT2D eigenvalue weighted by Gasteiger charge is 2.10. The normalized spacial score (nSPS) is 11.0. The molecule has 0 atom stereocenters. The third-order valence-electron chi connectivity index (χ3n) is 3.04. The Morgan fingerprint density at radius 2 is 1.86 bits per heavy atom. The van der Waals surface area contributed by atoms with Crippen LogP contribution in [0.3, 0.4) is 0 Å². The molecule has 0 amide bonds. The number of rotatable bonds is 4. The summed E-state index contributed by atoms with van der Waals surface area (Å²) in [4.78, 5) is 0. The van der Waals surface area contributed by atoms with Gasteiger partial charge in [0.1, 0.15) is 0 Å². The second-order valence-corrected chi connectivity index (χ2v) is 5.71. The molecule has 0 aliphatic carbocycles. The molecule has 22 heavy (non-hydrogen) atoms. The van der Waals surface area contributed by atoms with E-state index < -0.39 is 0 Å². The average molecular weight is 379 g/mol. The number of benzene rings is 2. The third-order valence-corrected chi connectivity index (χ3v) is 3.88. The highest BCUT2D eigenvalue weighted by molar-refractivity contribution is 9.10. The molecule has 0 heterocycles. The van der Waals surface area contributed by atoms with Gasteiger partial charge in [-0.05, 0) is 57.4 Å². The van der Waals surface area contributed by atoms with Crippen LogP contribution in [0.2, 0.25) is 5.02 Å². The van der Waals surface area contributed by atoms with E-state index in [0.717, 1.165) is 15.6 Å². The van der Waals surface area contributed by atoms with Crippen LogP contribution in [0, 0.1) is 11.3 Å². The van der Waals surface area contributed by atoms with Crippen LogP contribution < -0.4 is 9.47 Å². The lowest BCUT2D eigenvalue weighted by atomic mass is 10.0.